The van der Waals surface area contributed by atoms with Crippen LogP contribution in [0.3, 0.4) is 0 Å². The maximum Gasteiger partial charge on any atom is 0.223 e. The number of hydrogen-bond donors (Lipinski definition) is 1. The highest BCUT2D eigenvalue weighted by molar-refractivity contribution is 7.98. The quantitative estimate of drug-likeness (QED) is 0.664. The van der Waals surface area contributed by atoms with E-state index >= 15 is 0 Å². The third-order valence-corrected chi connectivity index (χ3v) is 2.82. The topological polar surface area (TPSA) is 61.0 Å². The van der Waals surface area contributed by atoms with Crippen molar-refractivity contribution < 1.29 is 4.74 Å². The van der Waals surface area contributed by atoms with Crippen molar-refractivity contribution in [1.82, 2.24) is 9.97 Å². The van der Waals surface area contributed by atoms with Gasteiger partial charge in [-0.05, 0) is 24.0 Å². The fourth-order valence-corrected chi connectivity index (χ4v) is 1.72. The smallest absolute Gasteiger partial charge is 0.223 e. The van der Waals surface area contributed by atoms with Gasteiger partial charge in [0.1, 0.15) is 17.1 Å². The Labute approximate surface area is 104 Å². The van der Waals surface area contributed by atoms with E-state index in [2.05, 4.69) is 9.97 Å². The number of rotatable bonds is 4. The van der Waals surface area contributed by atoms with Crippen LogP contribution in [0.15, 0.2) is 41.7 Å². The fourth-order valence-electron chi connectivity index (χ4n) is 1.35. The van der Waals surface area contributed by atoms with Crippen molar-refractivity contribution in [3.63, 3.8) is 0 Å². The molecule has 2 aromatic rings. The largest absolute Gasteiger partial charge is 0.439 e. The van der Waals surface area contributed by atoms with Crippen LogP contribution in [0.25, 0.3) is 0 Å². The van der Waals surface area contributed by atoms with Crippen LogP contribution in [0.5, 0.6) is 11.6 Å². The van der Waals surface area contributed by atoms with Crippen LogP contribution in [0.1, 0.15) is 5.56 Å². The lowest BCUT2D eigenvalue weighted by atomic mass is 10.2. The molecule has 2 N–H and O–H groups in total. The van der Waals surface area contributed by atoms with Crippen LogP contribution in [-0.4, -0.2) is 16.2 Å². The van der Waals surface area contributed by atoms with Gasteiger partial charge >= 0.3 is 0 Å². The first-order valence-electron chi connectivity index (χ1n) is 5.14. The van der Waals surface area contributed by atoms with Gasteiger partial charge in [-0.15, -0.1) is 11.8 Å². The molecule has 4 nitrogen and oxygen atoms in total. The number of benzene rings is 1. The van der Waals surface area contributed by atoms with Crippen molar-refractivity contribution in [2.24, 2.45) is 5.73 Å². The summed E-state index contributed by atoms with van der Waals surface area (Å²) in [4.78, 5) is 8.15. The maximum atomic E-state index is 5.64. The number of aromatic nitrogens is 2. The Kier molecular flexibility index (Phi) is 3.95. The molecule has 0 atom stereocenters. The summed E-state index contributed by atoms with van der Waals surface area (Å²) in [7, 11) is 0. The third kappa shape index (κ3) is 3.18. The molecule has 0 unspecified atom stereocenters. The summed E-state index contributed by atoms with van der Waals surface area (Å²) in [5, 5.41) is 0.880. The predicted octanol–water partition coefficient (Wildman–Crippen LogP) is 2.45. The molecular formula is C12H13N3OS. The Morgan fingerprint density at radius 1 is 1.29 bits per heavy atom. The van der Waals surface area contributed by atoms with Gasteiger partial charge in [-0.2, -0.15) is 0 Å². The van der Waals surface area contributed by atoms with Gasteiger partial charge in [0.05, 0.1) is 0 Å². The molecule has 2 rings (SSSR count). The van der Waals surface area contributed by atoms with Crippen molar-refractivity contribution in [1.29, 1.82) is 0 Å². The molecule has 0 radical (unpaired) electrons. The van der Waals surface area contributed by atoms with Crippen LogP contribution in [0.2, 0.25) is 0 Å². The van der Waals surface area contributed by atoms with E-state index < -0.39 is 0 Å². The van der Waals surface area contributed by atoms with Gasteiger partial charge in [0, 0.05) is 12.6 Å². The second-order valence-corrected chi connectivity index (χ2v) is 4.18. The summed E-state index contributed by atoms with van der Waals surface area (Å²) >= 11 is 1.55. The second-order valence-electron chi connectivity index (χ2n) is 3.35. The lowest BCUT2D eigenvalue weighted by Crippen LogP contribution is -1.96. The summed E-state index contributed by atoms with van der Waals surface area (Å²) in [6, 6.07) is 9.45. The minimum absolute atomic E-state index is 0.497. The first-order valence-corrected chi connectivity index (χ1v) is 6.37. The van der Waals surface area contributed by atoms with Gasteiger partial charge in [0.15, 0.2) is 0 Å². The first-order chi connectivity index (χ1) is 8.31. The Hall–Kier alpha value is -1.59. The zero-order valence-corrected chi connectivity index (χ0v) is 10.3. The van der Waals surface area contributed by atoms with E-state index in [0.29, 0.717) is 12.4 Å². The summed E-state index contributed by atoms with van der Waals surface area (Å²) in [6.07, 6.45) is 3.45. The number of hydrogen-bond acceptors (Lipinski definition) is 5. The van der Waals surface area contributed by atoms with Crippen molar-refractivity contribution in [3.05, 3.63) is 42.2 Å². The summed E-state index contributed by atoms with van der Waals surface area (Å²) in [5.41, 5.74) is 6.60. The van der Waals surface area contributed by atoms with Crippen LogP contribution in [0, 0.1) is 0 Å². The summed E-state index contributed by atoms with van der Waals surface area (Å²) in [5.74, 6) is 1.28. The number of ether oxygens (including phenoxy) is 1. The van der Waals surface area contributed by atoms with Gasteiger partial charge in [0.2, 0.25) is 5.88 Å². The number of thioether (sulfide) groups is 1. The highest BCUT2D eigenvalue weighted by Gasteiger charge is 2.01. The number of nitrogens with zero attached hydrogens (tertiary/aromatic N) is 2. The number of nitrogens with two attached hydrogens (primary N) is 1. The Balaban J connectivity index is 2.18. The molecule has 0 saturated heterocycles. The van der Waals surface area contributed by atoms with Crippen molar-refractivity contribution in [3.8, 4) is 11.6 Å². The van der Waals surface area contributed by atoms with Crippen LogP contribution < -0.4 is 10.5 Å². The average molecular weight is 247 g/mol. The lowest BCUT2D eigenvalue weighted by Gasteiger charge is -2.06. The SMILES string of the molecule is CSc1cc(Oc2cccc(CN)c2)ncn1. The third-order valence-electron chi connectivity index (χ3n) is 2.18. The molecule has 1 aromatic carbocycles. The maximum absolute atomic E-state index is 5.64. The van der Waals surface area contributed by atoms with Crippen LogP contribution in [-0.2, 0) is 6.54 Å². The van der Waals surface area contributed by atoms with Crippen molar-refractivity contribution in [2.75, 3.05) is 6.26 Å². The molecule has 88 valence electrons. The standard InChI is InChI=1S/C12H13N3OS/c1-17-12-6-11(14-8-15-12)16-10-4-2-3-9(5-10)7-13/h2-6,8H,7,13H2,1H3. The van der Waals surface area contributed by atoms with E-state index in [4.69, 9.17) is 10.5 Å². The molecule has 0 spiro atoms. The molecule has 0 saturated carbocycles. The monoisotopic (exact) mass is 247 g/mol. The van der Waals surface area contributed by atoms with E-state index in [0.717, 1.165) is 16.3 Å². The van der Waals surface area contributed by atoms with Crippen LogP contribution >= 0.6 is 11.8 Å². The zero-order chi connectivity index (χ0) is 12.1. The second kappa shape index (κ2) is 5.65. The van der Waals surface area contributed by atoms with E-state index in [1.807, 2.05) is 30.5 Å². The molecule has 1 aromatic heterocycles. The van der Waals surface area contributed by atoms with E-state index in [1.165, 1.54) is 6.33 Å². The van der Waals surface area contributed by atoms with Gasteiger partial charge in [-0.3, -0.25) is 0 Å². The Morgan fingerprint density at radius 3 is 2.94 bits per heavy atom. The van der Waals surface area contributed by atoms with Gasteiger partial charge in [-0.1, -0.05) is 12.1 Å². The molecule has 0 aliphatic heterocycles. The molecule has 17 heavy (non-hydrogen) atoms. The summed E-state index contributed by atoms with van der Waals surface area (Å²) < 4.78 is 5.64. The predicted molar refractivity (Wildman–Crippen MR) is 68.2 cm³/mol. The van der Waals surface area contributed by atoms with E-state index in [9.17, 15) is 0 Å². The highest BCUT2D eigenvalue weighted by Crippen LogP contribution is 2.22. The average Bonchev–Trinajstić information content (AvgIpc) is 2.39. The molecule has 0 aliphatic carbocycles. The Morgan fingerprint density at radius 2 is 2.18 bits per heavy atom. The highest BCUT2D eigenvalue weighted by atomic mass is 32.2. The molecule has 0 amide bonds. The molecule has 0 bridgehead atoms. The van der Waals surface area contributed by atoms with Gasteiger partial charge in [0.25, 0.3) is 0 Å². The normalized spacial score (nSPS) is 10.2. The van der Waals surface area contributed by atoms with Crippen molar-refractivity contribution in [2.45, 2.75) is 11.6 Å². The van der Waals surface area contributed by atoms with Crippen molar-refractivity contribution >= 4 is 11.8 Å². The van der Waals surface area contributed by atoms with Gasteiger partial charge in [-0.25, -0.2) is 9.97 Å². The molecule has 0 aliphatic rings. The van der Waals surface area contributed by atoms with E-state index in [1.54, 1.807) is 17.8 Å². The molecule has 0 fully saturated rings. The van der Waals surface area contributed by atoms with E-state index in [-0.39, 0.29) is 0 Å². The minimum Gasteiger partial charge on any atom is -0.439 e. The molecular weight excluding hydrogens is 234 g/mol. The first kappa shape index (κ1) is 11.9. The van der Waals surface area contributed by atoms with Crippen LogP contribution in [0.4, 0.5) is 0 Å². The Bertz CT molecular complexity index is 459. The molecule has 5 heteroatoms. The zero-order valence-electron chi connectivity index (χ0n) is 9.46. The fraction of sp³-hybridized carbons (Fsp3) is 0.167. The lowest BCUT2D eigenvalue weighted by molar-refractivity contribution is 0.458. The minimum atomic E-state index is 0.497. The summed E-state index contributed by atoms with van der Waals surface area (Å²) in [6.45, 7) is 0.497. The van der Waals surface area contributed by atoms with Gasteiger partial charge < -0.3 is 10.5 Å². The molecule has 1 heterocycles.